The minimum Gasteiger partial charge on any atom is -0.495 e. The number of para-hydroxylation sites is 2. The number of carbonyl (C=O) groups excluding carboxylic acids is 1. The van der Waals surface area contributed by atoms with Crippen LogP contribution in [0.15, 0.2) is 48.5 Å². The normalized spacial score (nSPS) is 10.3. The molecule has 5 nitrogen and oxygen atoms in total. The molecule has 0 aliphatic rings. The van der Waals surface area contributed by atoms with Crippen molar-refractivity contribution in [2.45, 2.75) is 13.2 Å². The van der Waals surface area contributed by atoms with Gasteiger partial charge in [0.05, 0.1) is 19.3 Å². The Morgan fingerprint density at radius 2 is 1.96 bits per heavy atom. The predicted octanol–water partition coefficient (Wildman–Crippen LogP) is 3.02. The largest absolute Gasteiger partial charge is 0.495 e. The third-order valence-corrected chi connectivity index (χ3v) is 3.16. The zero-order valence-corrected chi connectivity index (χ0v) is 13.1. The van der Waals surface area contributed by atoms with Crippen LogP contribution >= 0.6 is 0 Å². The Hall–Kier alpha value is -2.83. The molecule has 0 spiro atoms. The van der Waals surface area contributed by atoms with Crippen molar-refractivity contribution < 1.29 is 23.0 Å². The smallest absolute Gasteiger partial charge is 0.387 e. The molecule has 2 aromatic rings. The van der Waals surface area contributed by atoms with Crippen molar-refractivity contribution in [2.75, 3.05) is 19.0 Å². The third-order valence-electron chi connectivity index (χ3n) is 3.16. The van der Waals surface area contributed by atoms with E-state index in [0.29, 0.717) is 17.0 Å². The van der Waals surface area contributed by atoms with Crippen molar-refractivity contribution >= 4 is 11.6 Å². The number of rotatable bonds is 8. The zero-order valence-electron chi connectivity index (χ0n) is 13.1. The van der Waals surface area contributed by atoms with E-state index in [2.05, 4.69) is 15.4 Å². The van der Waals surface area contributed by atoms with Crippen LogP contribution in [0.25, 0.3) is 0 Å². The molecule has 24 heavy (non-hydrogen) atoms. The van der Waals surface area contributed by atoms with Crippen molar-refractivity contribution in [1.29, 1.82) is 0 Å². The monoisotopic (exact) mass is 336 g/mol. The summed E-state index contributed by atoms with van der Waals surface area (Å²) in [5, 5.41) is 5.68. The maximum Gasteiger partial charge on any atom is 0.387 e. The van der Waals surface area contributed by atoms with E-state index in [9.17, 15) is 13.6 Å². The van der Waals surface area contributed by atoms with Crippen LogP contribution in [0.5, 0.6) is 11.5 Å². The topological polar surface area (TPSA) is 59.6 Å². The summed E-state index contributed by atoms with van der Waals surface area (Å²) in [5.41, 5.74) is 1.38. The number of hydrogen-bond donors (Lipinski definition) is 2. The highest BCUT2D eigenvalue weighted by Crippen LogP contribution is 2.22. The number of halogens is 2. The van der Waals surface area contributed by atoms with Gasteiger partial charge in [0, 0.05) is 6.54 Å². The Labute approximate surface area is 138 Å². The first-order valence-corrected chi connectivity index (χ1v) is 7.26. The molecule has 0 saturated heterocycles. The van der Waals surface area contributed by atoms with Gasteiger partial charge in [-0.3, -0.25) is 4.79 Å². The van der Waals surface area contributed by atoms with Gasteiger partial charge in [0.25, 0.3) is 0 Å². The maximum absolute atomic E-state index is 12.2. The van der Waals surface area contributed by atoms with Gasteiger partial charge in [-0.1, -0.05) is 24.3 Å². The van der Waals surface area contributed by atoms with Gasteiger partial charge in [-0.25, -0.2) is 0 Å². The molecule has 0 saturated carbocycles. The number of hydrogen-bond acceptors (Lipinski definition) is 4. The molecule has 0 aromatic heterocycles. The van der Waals surface area contributed by atoms with Crippen LogP contribution in [0.3, 0.4) is 0 Å². The van der Waals surface area contributed by atoms with Crippen LogP contribution in [0.2, 0.25) is 0 Å². The Morgan fingerprint density at radius 3 is 2.71 bits per heavy atom. The summed E-state index contributed by atoms with van der Waals surface area (Å²) in [4.78, 5) is 11.9. The van der Waals surface area contributed by atoms with E-state index >= 15 is 0 Å². The molecule has 2 N–H and O–H groups in total. The van der Waals surface area contributed by atoms with E-state index in [0.717, 1.165) is 0 Å². The van der Waals surface area contributed by atoms with Crippen molar-refractivity contribution in [3.63, 3.8) is 0 Å². The first-order valence-electron chi connectivity index (χ1n) is 7.26. The van der Waals surface area contributed by atoms with Crippen molar-refractivity contribution in [3.8, 4) is 11.5 Å². The van der Waals surface area contributed by atoms with E-state index in [1.807, 2.05) is 12.1 Å². The Balaban J connectivity index is 1.83. The lowest BCUT2D eigenvalue weighted by atomic mass is 10.2. The molecule has 2 rings (SSSR count). The maximum atomic E-state index is 12.2. The predicted molar refractivity (Wildman–Crippen MR) is 86.4 cm³/mol. The molecule has 0 aliphatic carbocycles. The van der Waals surface area contributed by atoms with Gasteiger partial charge in [0.15, 0.2) is 0 Å². The van der Waals surface area contributed by atoms with Crippen LogP contribution in [-0.2, 0) is 11.3 Å². The van der Waals surface area contributed by atoms with E-state index in [4.69, 9.17) is 4.74 Å². The summed E-state index contributed by atoms with van der Waals surface area (Å²) >= 11 is 0. The molecule has 7 heteroatoms. The van der Waals surface area contributed by atoms with Crippen LogP contribution in [0.1, 0.15) is 5.56 Å². The minimum absolute atomic E-state index is 0.0592. The highest BCUT2D eigenvalue weighted by molar-refractivity contribution is 5.81. The lowest BCUT2D eigenvalue weighted by molar-refractivity contribution is -0.119. The van der Waals surface area contributed by atoms with E-state index < -0.39 is 6.61 Å². The lowest BCUT2D eigenvalue weighted by Crippen LogP contribution is -2.29. The Morgan fingerprint density at radius 1 is 1.17 bits per heavy atom. The van der Waals surface area contributed by atoms with Crippen LogP contribution < -0.4 is 20.1 Å². The van der Waals surface area contributed by atoms with Crippen molar-refractivity contribution in [2.24, 2.45) is 0 Å². The summed E-state index contributed by atoms with van der Waals surface area (Å²) in [6, 6.07) is 13.4. The van der Waals surface area contributed by atoms with Crippen LogP contribution in [0.4, 0.5) is 14.5 Å². The lowest BCUT2D eigenvalue weighted by Gasteiger charge is -2.11. The number of methoxy groups -OCH3 is 1. The average Bonchev–Trinajstić information content (AvgIpc) is 2.58. The number of ether oxygens (including phenoxy) is 2. The number of amides is 1. The number of carbonyl (C=O) groups is 1. The van der Waals surface area contributed by atoms with Gasteiger partial charge >= 0.3 is 6.61 Å². The summed E-state index contributed by atoms with van der Waals surface area (Å²) in [6.07, 6.45) is 0. The molecule has 0 radical (unpaired) electrons. The molecular weight excluding hydrogens is 318 g/mol. The summed E-state index contributed by atoms with van der Waals surface area (Å²) in [5.74, 6) is 0.465. The SMILES string of the molecule is COc1ccccc1NCC(=O)NCc1cccc(OC(F)F)c1. The average molecular weight is 336 g/mol. The molecule has 0 fully saturated rings. The zero-order chi connectivity index (χ0) is 17.4. The van der Waals surface area contributed by atoms with Crippen LogP contribution in [0, 0.1) is 0 Å². The second kappa shape index (κ2) is 8.71. The number of anilines is 1. The van der Waals surface area contributed by atoms with Crippen molar-refractivity contribution in [1.82, 2.24) is 5.32 Å². The quantitative estimate of drug-likeness (QED) is 0.778. The number of nitrogens with one attached hydrogen (secondary N) is 2. The highest BCUT2D eigenvalue weighted by Gasteiger charge is 2.07. The molecule has 0 unspecified atom stereocenters. The minimum atomic E-state index is -2.88. The molecule has 0 heterocycles. The van der Waals surface area contributed by atoms with E-state index in [1.165, 1.54) is 12.1 Å². The molecular formula is C17H18F2N2O3. The van der Waals surface area contributed by atoms with E-state index in [1.54, 1.807) is 31.4 Å². The second-order valence-electron chi connectivity index (χ2n) is 4.86. The highest BCUT2D eigenvalue weighted by atomic mass is 19.3. The van der Waals surface area contributed by atoms with Gasteiger partial charge in [-0.2, -0.15) is 8.78 Å². The van der Waals surface area contributed by atoms with Gasteiger partial charge in [0.2, 0.25) is 5.91 Å². The molecule has 0 bridgehead atoms. The summed E-state index contributed by atoms with van der Waals surface area (Å²) < 4.78 is 33.9. The van der Waals surface area contributed by atoms with Crippen LogP contribution in [-0.4, -0.2) is 26.2 Å². The van der Waals surface area contributed by atoms with Gasteiger partial charge in [-0.15, -0.1) is 0 Å². The Bertz CT molecular complexity index is 680. The summed E-state index contributed by atoms with van der Waals surface area (Å²) in [7, 11) is 1.55. The molecule has 2 aromatic carbocycles. The molecule has 128 valence electrons. The number of benzene rings is 2. The van der Waals surface area contributed by atoms with Crippen molar-refractivity contribution in [3.05, 3.63) is 54.1 Å². The first kappa shape index (κ1) is 17.5. The molecule has 1 amide bonds. The van der Waals surface area contributed by atoms with E-state index in [-0.39, 0.29) is 24.7 Å². The molecule has 0 aliphatic heterocycles. The fourth-order valence-electron chi connectivity index (χ4n) is 2.06. The third kappa shape index (κ3) is 5.42. The van der Waals surface area contributed by atoms with Gasteiger partial charge < -0.3 is 20.1 Å². The fourth-order valence-corrected chi connectivity index (χ4v) is 2.06. The standard InChI is InChI=1S/C17H18F2N2O3/c1-23-15-8-3-2-7-14(15)20-11-16(22)21-10-12-5-4-6-13(9-12)24-17(18)19/h2-9,17,20H,10-11H2,1H3,(H,21,22). The second-order valence-corrected chi connectivity index (χ2v) is 4.86. The summed E-state index contributed by atoms with van der Waals surface area (Å²) in [6.45, 7) is -2.60. The van der Waals surface area contributed by atoms with Gasteiger partial charge in [-0.05, 0) is 29.8 Å². The van der Waals surface area contributed by atoms with Gasteiger partial charge in [0.1, 0.15) is 11.5 Å². The number of alkyl halides is 2. The molecule has 0 atom stereocenters. The fraction of sp³-hybridized carbons (Fsp3) is 0.235. The Kier molecular flexibility index (Phi) is 6.36. The first-order chi connectivity index (χ1) is 11.6.